The van der Waals surface area contributed by atoms with Crippen LogP contribution in [0.3, 0.4) is 0 Å². The van der Waals surface area contributed by atoms with Crippen molar-refractivity contribution in [3.8, 4) is 11.5 Å². The Kier molecular flexibility index (Phi) is 6.65. The summed E-state index contributed by atoms with van der Waals surface area (Å²) in [7, 11) is 0. The predicted molar refractivity (Wildman–Crippen MR) is 121 cm³/mol. The van der Waals surface area contributed by atoms with Crippen molar-refractivity contribution in [1.29, 1.82) is 0 Å². The van der Waals surface area contributed by atoms with E-state index in [1.165, 1.54) is 57.2 Å². The molecule has 3 saturated heterocycles. The molecule has 0 bridgehead atoms. The maximum atomic E-state index is 13.3. The third kappa shape index (κ3) is 4.85. The Balaban J connectivity index is 1.21. The van der Waals surface area contributed by atoms with Crippen molar-refractivity contribution in [1.82, 2.24) is 14.7 Å². The molecule has 0 aromatic heterocycles. The Labute approximate surface area is 186 Å². The standard InChI is InChI=1S/C25H37N3O3/c29-25(19-26-11-5-7-21(18-26)27-12-3-1-2-4-13-27)28-14-6-8-22(28)20-9-10-23-24(17-20)31-16-15-30-23/h9-10,17,21-22H,1-8,11-16,18-19H2. The molecule has 0 aliphatic carbocycles. The van der Waals surface area contributed by atoms with E-state index < -0.39 is 0 Å². The van der Waals surface area contributed by atoms with Crippen LogP contribution in [0.25, 0.3) is 0 Å². The number of carbonyl (C=O) groups excluding carboxylic acids is 1. The number of amides is 1. The van der Waals surface area contributed by atoms with Crippen LogP contribution in [0, 0.1) is 0 Å². The molecular formula is C25H37N3O3. The Bertz CT molecular complexity index is 762. The maximum absolute atomic E-state index is 13.3. The normalized spacial score (nSPS) is 27.8. The summed E-state index contributed by atoms with van der Waals surface area (Å²) in [4.78, 5) is 20.6. The minimum Gasteiger partial charge on any atom is -0.486 e. The molecule has 0 saturated carbocycles. The van der Waals surface area contributed by atoms with E-state index in [9.17, 15) is 4.79 Å². The van der Waals surface area contributed by atoms with Gasteiger partial charge in [0.05, 0.1) is 12.6 Å². The molecule has 1 aromatic rings. The lowest BCUT2D eigenvalue weighted by Crippen LogP contribution is -2.51. The fraction of sp³-hybridized carbons (Fsp3) is 0.720. The molecule has 31 heavy (non-hydrogen) atoms. The first-order chi connectivity index (χ1) is 15.3. The van der Waals surface area contributed by atoms with Crippen LogP contribution in [0.1, 0.15) is 63.0 Å². The predicted octanol–water partition coefficient (Wildman–Crippen LogP) is 3.46. The van der Waals surface area contributed by atoms with Crippen LogP contribution >= 0.6 is 0 Å². The zero-order valence-electron chi connectivity index (χ0n) is 18.8. The molecule has 4 heterocycles. The third-order valence-electron chi connectivity index (χ3n) is 7.52. The molecule has 6 nitrogen and oxygen atoms in total. The second kappa shape index (κ2) is 9.78. The van der Waals surface area contributed by atoms with Gasteiger partial charge in [-0.25, -0.2) is 0 Å². The Hall–Kier alpha value is -1.79. The maximum Gasteiger partial charge on any atom is 0.237 e. The van der Waals surface area contributed by atoms with Gasteiger partial charge in [-0.05, 0) is 75.9 Å². The van der Waals surface area contributed by atoms with Gasteiger partial charge in [0, 0.05) is 19.1 Å². The quantitative estimate of drug-likeness (QED) is 0.736. The summed E-state index contributed by atoms with van der Waals surface area (Å²) in [6.07, 6.45) is 10.0. The van der Waals surface area contributed by atoms with Crippen LogP contribution in [0.4, 0.5) is 0 Å². The van der Waals surface area contributed by atoms with E-state index in [1.807, 2.05) is 6.07 Å². The summed E-state index contributed by atoms with van der Waals surface area (Å²) >= 11 is 0. The molecule has 2 unspecified atom stereocenters. The van der Waals surface area contributed by atoms with Crippen LogP contribution in [0.5, 0.6) is 11.5 Å². The highest BCUT2D eigenvalue weighted by Crippen LogP contribution is 2.38. The molecule has 1 aromatic carbocycles. The van der Waals surface area contributed by atoms with Crippen molar-refractivity contribution in [3.63, 3.8) is 0 Å². The number of fused-ring (bicyclic) bond motifs is 1. The summed E-state index contributed by atoms with van der Waals surface area (Å²) in [6, 6.07) is 6.99. The molecule has 5 rings (SSSR count). The van der Waals surface area contributed by atoms with Crippen molar-refractivity contribution >= 4 is 5.91 Å². The van der Waals surface area contributed by atoms with Crippen molar-refractivity contribution < 1.29 is 14.3 Å². The number of ether oxygens (including phenoxy) is 2. The molecular weight excluding hydrogens is 390 g/mol. The first-order valence-corrected chi connectivity index (χ1v) is 12.4. The van der Waals surface area contributed by atoms with E-state index in [0.29, 0.717) is 25.8 Å². The largest absolute Gasteiger partial charge is 0.486 e. The van der Waals surface area contributed by atoms with Crippen LogP contribution in [-0.2, 0) is 4.79 Å². The summed E-state index contributed by atoms with van der Waals surface area (Å²) < 4.78 is 11.4. The van der Waals surface area contributed by atoms with Gasteiger partial charge in [-0.2, -0.15) is 0 Å². The van der Waals surface area contributed by atoms with Gasteiger partial charge in [-0.15, -0.1) is 0 Å². The molecule has 0 radical (unpaired) electrons. The van der Waals surface area contributed by atoms with Gasteiger partial charge in [0.15, 0.2) is 11.5 Å². The zero-order valence-corrected chi connectivity index (χ0v) is 18.8. The monoisotopic (exact) mass is 427 g/mol. The lowest BCUT2D eigenvalue weighted by atomic mass is 10.0. The first kappa shape index (κ1) is 21.1. The average molecular weight is 428 g/mol. The van der Waals surface area contributed by atoms with Crippen LogP contribution in [0.15, 0.2) is 18.2 Å². The van der Waals surface area contributed by atoms with E-state index in [1.54, 1.807) is 0 Å². The Morgan fingerprint density at radius 3 is 2.48 bits per heavy atom. The molecule has 2 atom stereocenters. The minimum absolute atomic E-state index is 0.162. The Morgan fingerprint density at radius 2 is 1.65 bits per heavy atom. The van der Waals surface area contributed by atoms with Crippen molar-refractivity contribution in [2.45, 2.75) is 63.5 Å². The summed E-state index contributed by atoms with van der Waals surface area (Å²) in [5.74, 6) is 1.92. The summed E-state index contributed by atoms with van der Waals surface area (Å²) in [5.41, 5.74) is 1.18. The number of hydrogen-bond acceptors (Lipinski definition) is 5. The van der Waals surface area contributed by atoms with E-state index in [0.717, 1.165) is 44.0 Å². The molecule has 170 valence electrons. The van der Waals surface area contributed by atoms with Gasteiger partial charge in [0.1, 0.15) is 13.2 Å². The van der Waals surface area contributed by atoms with E-state index in [4.69, 9.17) is 9.47 Å². The van der Waals surface area contributed by atoms with Gasteiger partial charge < -0.3 is 14.4 Å². The summed E-state index contributed by atoms with van der Waals surface area (Å²) in [5, 5.41) is 0. The van der Waals surface area contributed by atoms with Gasteiger partial charge in [0.25, 0.3) is 0 Å². The highest BCUT2D eigenvalue weighted by Gasteiger charge is 2.33. The topological polar surface area (TPSA) is 45.3 Å². The van der Waals surface area contributed by atoms with Crippen LogP contribution < -0.4 is 9.47 Å². The van der Waals surface area contributed by atoms with Gasteiger partial charge in [0.2, 0.25) is 5.91 Å². The SMILES string of the molecule is O=C(CN1CCCC(N2CCCCCC2)C1)N1CCCC1c1ccc2c(c1)OCCO2. The van der Waals surface area contributed by atoms with Gasteiger partial charge >= 0.3 is 0 Å². The number of rotatable bonds is 4. The van der Waals surface area contributed by atoms with E-state index >= 15 is 0 Å². The molecule has 4 aliphatic heterocycles. The smallest absolute Gasteiger partial charge is 0.237 e. The van der Waals surface area contributed by atoms with E-state index in [-0.39, 0.29) is 11.9 Å². The lowest BCUT2D eigenvalue weighted by Gasteiger charge is -2.39. The Morgan fingerprint density at radius 1 is 0.871 bits per heavy atom. The van der Waals surface area contributed by atoms with E-state index in [2.05, 4.69) is 26.8 Å². The van der Waals surface area contributed by atoms with Gasteiger partial charge in [-0.3, -0.25) is 14.6 Å². The van der Waals surface area contributed by atoms with Crippen molar-refractivity contribution in [2.24, 2.45) is 0 Å². The lowest BCUT2D eigenvalue weighted by molar-refractivity contribution is -0.133. The molecule has 6 heteroatoms. The second-order valence-corrected chi connectivity index (χ2v) is 9.63. The number of hydrogen-bond donors (Lipinski definition) is 0. The fourth-order valence-electron chi connectivity index (χ4n) is 5.89. The number of benzene rings is 1. The zero-order chi connectivity index (χ0) is 21.0. The number of carbonyl (C=O) groups is 1. The fourth-order valence-corrected chi connectivity index (χ4v) is 5.89. The number of likely N-dealkylation sites (tertiary alicyclic amines) is 3. The molecule has 1 amide bonds. The van der Waals surface area contributed by atoms with Crippen LogP contribution in [0.2, 0.25) is 0 Å². The average Bonchev–Trinajstić information content (AvgIpc) is 3.14. The van der Waals surface area contributed by atoms with Gasteiger partial charge in [-0.1, -0.05) is 18.9 Å². The van der Waals surface area contributed by atoms with Crippen molar-refractivity contribution in [3.05, 3.63) is 23.8 Å². The summed E-state index contributed by atoms with van der Waals surface area (Å²) in [6.45, 7) is 7.21. The highest BCUT2D eigenvalue weighted by atomic mass is 16.6. The number of nitrogens with zero attached hydrogens (tertiary/aromatic N) is 3. The highest BCUT2D eigenvalue weighted by molar-refractivity contribution is 5.79. The van der Waals surface area contributed by atoms with Crippen LogP contribution in [-0.4, -0.2) is 79.1 Å². The number of piperidine rings is 1. The third-order valence-corrected chi connectivity index (χ3v) is 7.52. The molecule has 0 spiro atoms. The molecule has 0 N–H and O–H groups in total. The van der Waals surface area contributed by atoms with Crippen molar-refractivity contribution in [2.75, 3.05) is 52.5 Å². The molecule has 4 aliphatic rings. The first-order valence-electron chi connectivity index (χ1n) is 12.4. The second-order valence-electron chi connectivity index (χ2n) is 9.63. The minimum atomic E-state index is 0.162. The molecule has 3 fully saturated rings.